The number of nitrogens with two attached hydrogens (primary N) is 1. The van der Waals surface area contributed by atoms with Gasteiger partial charge in [0, 0.05) is 13.6 Å². The van der Waals surface area contributed by atoms with E-state index in [9.17, 15) is 4.79 Å². The number of rotatable bonds is 4. The van der Waals surface area contributed by atoms with Gasteiger partial charge in [-0.2, -0.15) is 4.98 Å². The molecule has 0 aliphatic carbocycles. The molecule has 1 atom stereocenters. The van der Waals surface area contributed by atoms with E-state index in [1.165, 1.54) is 6.33 Å². The number of anilines is 2. The molecule has 3 N–H and O–H groups in total. The summed E-state index contributed by atoms with van der Waals surface area (Å²) in [7, 11) is 1.64. The molecule has 1 saturated heterocycles. The van der Waals surface area contributed by atoms with Crippen LogP contribution in [0.15, 0.2) is 6.33 Å². The predicted molar refractivity (Wildman–Crippen MR) is 81.3 cm³/mol. The summed E-state index contributed by atoms with van der Waals surface area (Å²) in [5.41, 5.74) is 6.53. The monoisotopic (exact) mass is 293 g/mol. The van der Waals surface area contributed by atoms with E-state index < -0.39 is 0 Å². The fourth-order valence-electron chi connectivity index (χ4n) is 2.54. The first kappa shape index (κ1) is 15.3. The quantitative estimate of drug-likeness (QED) is 0.858. The van der Waals surface area contributed by atoms with E-state index in [1.54, 1.807) is 7.05 Å². The van der Waals surface area contributed by atoms with Crippen molar-refractivity contribution in [1.82, 2.24) is 15.3 Å². The summed E-state index contributed by atoms with van der Waals surface area (Å²) in [6.45, 7) is 4.57. The Balaban J connectivity index is 2.32. The number of carbonyl (C=O) groups excluding carboxylic acids is 1. The summed E-state index contributed by atoms with van der Waals surface area (Å²) in [5, 5.41) is 2.70. The maximum atomic E-state index is 12.1. The average Bonchev–Trinajstić information content (AvgIpc) is 2.48. The van der Waals surface area contributed by atoms with Crippen LogP contribution in [0, 0.1) is 0 Å². The molecule has 7 heteroatoms. The number of hydrogen-bond donors (Lipinski definition) is 2. The molecule has 0 saturated carbocycles. The SMILES string of the molecule is CNC(=O)C1CCCCN1c1ncnc(OC(C)C)c1N. The molecular formula is C14H23N5O2. The molecule has 1 fully saturated rings. The number of nitrogens with zero attached hydrogens (tertiary/aromatic N) is 3. The van der Waals surface area contributed by atoms with Gasteiger partial charge in [0.2, 0.25) is 11.8 Å². The molecule has 0 radical (unpaired) electrons. The lowest BCUT2D eigenvalue weighted by Gasteiger charge is -2.35. The van der Waals surface area contributed by atoms with Crippen molar-refractivity contribution in [3.8, 4) is 5.88 Å². The number of likely N-dealkylation sites (N-methyl/N-ethyl adjacent to an activating group) is 1. The molecule has 2 heterocycles. The normalized spacial score (nSPS) is 18.7. The maximum absolute atomic E-state index is 12.1. The van der Waals surface area contributed by atoms with Crippen molar-refractivity contribution in [2.24, 2.45) is 0 Å². The third kappa shape index (κ3) is 3.34. The van der Waals surface area contributed by atoms with E-state index in [-0.39, 0.29) is 18.1 Å². The Morgan fingerprint density at radius 2 is 2.24 bits per heavy atom. The van der Waals surface area contributed by atoms with Gasteiger partial charge in [-0.05, 0) is 33.1 Å². The van der Waals surface area contributed by atoms with E-state index in [4.69, 9.17) is 10.5 Å². The van der Waals surface area contributed by atoms with Gasteiger partial charge in [-0.1, -0.05) is 0 Å². The highest BCUT2D eigenvalue weighted by Gasteiger charge is 2.31. The van der Waals surface area contributed by atoms with Gasteiger partial charge >= 0.3 is 0 Å². The van der Waals surface area contributed by atoms with E-state index >= 15 is 0 Å². The van der Waals surface area contributed by atoms with Crippen molar-refractivity contribution in [2.45, 2.75) is 45.3 Å². The third-order valence-electron chi connectivity index (χ3n) is 3.50. The molecule has 116 valence electrons. The number of amides is 1. The zero-order valence-electron chi connectivity index (χ0n) is 12.8. The Morgan fingerprint density at radius 3 is 2.90 bits per heavy atom. The standard InChI is InChI=1S/C14H23N5O2/c1-9(2)21-14-11(15)12(17-8-18-14)19-7-5-4-6-10(19)13(20)16-3/h8-10H,4-7,15H2,1-3H3,(H,16,20). The van der Waals surface area contributed by atoms with Crippen molar-refractivity contribution >= 4 is 17.4 Å². The number of nitrogen functional groups attached to an aromatic ring is 1. The molecule has 21 heavy (non-hydrogen) atoms. The van der Waals surface area contributed by atoms with Crippen LogP contribution in [0.3, 0.4) is 0 Å². The molecule has 0 bridgehead atoms. The Bertz CT molecular complexity index is 506. The molecule has 0 aromatic carbocycles. The van der Waals surface area contributed by atoms with Crippen molar-refractivity contribution in [3.05, 3.63) is 6.33 Å². The molecule has 2 rings (SSSR count). The van der Waals surface area contributed by atoms with Crippen LogP contribution in [-0.2, 0) is 4.79 Å². The van der Waals surface area contributed by atoms with Crippen LogP contribution in [0.5, 0.6) is 5.88 Å². The highest BCUT2D eigenvalue weighted by Crippen LogP contribution is 2.32. The van der Waals surface area contributed by atoms with Gasteiger partial charge in [0.25, 0.3) is 0 Å². The highest BCUT2D eigenvalue weighted by atomic mass is 16.5. The largest absolute Gasteiger partial charge is 0.473 e. The van der Waals surface area contributed by atoms with Crippen LogP contribution in [0.2, 0.25) is 0 Å². The van der Waals surface area contributed by atoms with E-state index in [0.717, 1.165) is 25.8 Å². The second kappa shape index (κ2) is 6.60. The summed E-state index contributed by atoms with van der Waals surface area (Å²) in [6.07, 6.45) is 4.24. The first-order chi connectivity index (χ1) is 10.0. The van der Waals surface area contributed by atoms with Crippen molar-refractivity contribution in [2.75, 3.05) is 24.2 Å². The number of carbonyl (C=O) groups is 1. The minimum absolute atomic E-state index is 0.0148. The Kier molecular flexibility index (Phi) is 4.82. The summed E-state index contributed by atoms with van der Waals surface area (Å²) in [6, 6.07) is -0.243. The smallest absolute Gasteiger partial charge is 0.242 e. The van der Waals surface area contributed by atoms with Crippen LogP contribution < -0.4 is 20.7 Å². The number of hydrogen-bond acceptors (Lipinski definition) is 6. The molecule has 1 amide bonds. The molecule has 0 spiro atoms. The number of nitrogens with one attached hydrogen (secondary N) is 1. The lowest BCUT2D eigenvalue weighted by Crippen LogP contribution is -2.49. The average molecular weight is 293 g/mol. The first-order valence-electron chi connectivity index (χ1n) is 7.30. The molecule has 7 nitrogen and oxygen atoms in total. The molecule has 1 aromatic rings. The minimum Gasteiger partial charge on any atom is -0.473 e. The fraction of sp³-hybridized carbons (Fsp3) is 0.643. The van der Waals surface area contributed by atoms with Crippen LogP contribution in [-0.4, -0.2) is 41.6 Å². The maximum Gasteiger partial charge on any atom is 0.242 e. The second-order valence-corrected chi connectivity index (χ2v) is 5.40. The van der Waals surface area contributed by atoms with Gasteiger partial charge in [0.15, 0.2) is 5.82 Å². The lowest BCUT2D eigenvalue weighted by atomic mass is 10.0. The number of ether oxygens (including phenoxy) is 1. The summed E-state index contributed by atoms with van der Waals surface area (Å²) >= 11 is 0. The van der Waals surface area contributed by atoms with Gasteiger partial charge < -0.3 is 20.7 Å². The molecule has 1 aliphatic rings. The van der Waals surface area contributed by atoms with Gasteiger partial charge in [-0.3, -0.25) is 4.79 Å². The van der Waals surface area contributed by atoms with Crippen LogP contribution in [0.4, 0.5) is 11.5 Å². The van der Waals surface area contributed by atoms with E-state index in [0.29, 0.717) is 17.4 Å². The van der Waals surface area contributed by atoms with Gasteiger partial charge in [0.1, 0.15) is 18.1 Å². The van der Waals surface area contributed by atoms with Crippen molar-refractivity contribution < 1.29 is 9.53 Å². The summed E-state index contributed by atoms with van der Waals surface area (Å²) in [5.74, 6) is 0.934. The van der Waals surface area contributed by atoms with Gasteiger partial charge in [-0.25, -0.2) is 4.98 Å². The zero-order valence-corrected chi connectivity index (χ0v) is 12.8. The summed E-state index contributed by atoms with van der Waals surface area (Å²) in [4.78, 5) is 22.4. The Morgan fingerprint density at radius 1 is 1.48 bits per heavy atom. The second-order valence-electron chi connectivity index (χ2n) is 5.40. The van der Waals surface area contributed by atoms with Gasteiger partial charge in [-0.15, -0.1) is 0 Å². The number of piperidine rings is 1. The molecule has 1 unspecified atom stereocenters. The molecule has 1 aliphatic heterocycles. The van der Waals surface area contributed by atoms with Crippen LogP contribution in [0.1, 0.15) is 33.1 Å². The highest BCUT2D eigenvalue weighted by molar-refractivity contribution is 5.86. The van der Waals surface area contributed by atoms with Crippen molar-refractivity contribution in [1.29, 1.82) is 0 Å². The molecular weight excluding hydrogens is 270 g/mol. The van der Waals surface area contributed by atoms with Crippen LogP contribution >= 0.6 is 0 Å². The van der Waals surface area contributed by atoms with Crippen LogP contribution in [0.25, 0.3) is 0 Å². The fourth-order valence-corrected chi connectivity index (χ4v) is 2.54. The minimum atomic E-state index is -0.243. The zero-order chi connectivity index (χ0) is 15.4. The Hall–Kier alpha value is -2.05. The third-order valence-corrected chi connectivity index (χ3v) is 3.50. The lowest BCUT2D eigenvalue weighted by molar-refractivity contribution is -0.122. The summed E-state index contributed by atoms with van der Waals surface area (Å²) < 4.78 is 5.60. The Labute approximate surface area is 124 Å². The first-order valence-corrected chi connectivity index (χ1v) is 7.30. The molecule has 1 aromatic heterocycles. The van der Waals surface area contributed by atoms with E-state index in [2.05, 4.69) is 15.3 Å². The number of aromatic nitrogens is 2. The predicted octanol–water partition coefficient (Wildman–Crippen LogP) is 0.951. The van der Waals surface area contributed by atoms with Gasteiger partial charge in [0.05, 0.1) is 6.10 Å². The van der Waals surface area contributed by atoms with Crippen molar-refractivity contribution in [3.63, 3.8) is 0 Å². The van der Waals surface area contributed by atoms with E-state index in [1.807, 2.05) is 18.7 Å². The topological polar surface area (TPSA) is 93.4 Å².